The molecular weight excluding hydrogens is 240 g/mol. The first kappa shape index (κ1) is 13.9. The average molecular weight is 260 g/mol. The van der Waals surface area contributed by atoms with Crippen LogP contribution in [-0.2, 0) is 4.74 Å². The van der Waals surface area contributed by atoms with E-state index in [1.165, 1.54) is 12.8 Å². The van der Waals surface area contributed by atoms with Crippen molar-refractivity contribution in [1.29, 1.82) is 5.26 Å². The standard InChI is InChI=1S/C15H20N2O2/c16-9-12-5-1-4-8-15(12)17-10-13(18)11-19-14-6-2-3-7-14/h1,4-5,8,13-14,17-18H,2-3,6-7,10-11H2. The highest BCUT2D eigenvalue weighted by Crippen LogP contribution is 2.21. The molecule has 1 aliphatic carbocycles. The second kappa shape index (κ2) is 7.13. The Bertz CT molecular complexity index is 436. The molecule has 102 valence electrons. The predicted octanol–water partition coefficient (Wildman–Crippen LogP) is 2.29. The summed E-state index contributed by atoms with van der Waals surface area (Å²) in [7, 11) is 0. The first-order valence-corrected chi connectivity index (χ1v) is 6.82. The van der Waals surface area contributed by atoms with E-state index >= 15 is 0 Å². The lowest BCUT2D eigenvalue weighted by Crippen LogP contribution is -2.27. The molecule has 0 aliphatic heterocycles. The molecule has 1 aromatic rings. The number of rotatable bonds is 6. The number of nitrogens with zero attached hydrogens (tertiary/aromatic N) is 1. The molecule has 1 saturated carbocycles. The highest BCUT2D eigenvalue weighted by Gasteiger charge is 2.16. The lowest BCUT2D eigenvalue weighted by Gasteiger charge is -2.16. The van der Waals surface area contributed by atoms with Gasteiger partial charge in [0.2, 0.25) is 0 Å². The van der Waals surface area contributed by atoms with E-state index in [1.54, 1.807) is 6.07 Å². The number of nitrogens with one attached hydrogen (secondary N) is 1. The van der Waals surface area contributed by atoms with Gasteiger partial charge in [0.15, 0.2) is 0 Å². The zero-order valence-corrected chi connectivity index (χ0v) is 11.0. The van der Waals surface area contributed by atoms with Crippen LogP contribution in [0.2, 0.25) is 0 Å². The molecule has 4 nitrogen and oxygen atoms in total. The quantitative estimate of drug-likeness (QED) is 0.823. The van der Waals surface area contributed by atoms with Gasteiger partial charge in [-0.05, 0) is 25.0 Å². The van der Waals surface area contributed by atoms with E-state index in [9.17, 15) is 5.11 Å². The van der Waals surface area contributed by atoms with Crippen LogP contribution in [0.1, 0.15) is 31.2 Å². The van der Waals surface area contributed by atoms with Gasteiger partial charge in [-0.25, -0.2) is 0 Å². The van der Waals surface area contributed by atoms with Crippen molar-refractivity contribution in [2.24, 2.45) is 0 Å². The summed E-state index contributed by atoms with van der Waals surface area (Å²) in [6.07, 6.45) is 4.45. The van der Waals surface area contributed by atoms with Gasteiger partial charge >= 0.3 is 0 Å². The number of anilines is 1. The van der Waals surface area contributed by atoms with Crippen LogP contribution >= 0.6 is 0 Å². The maximum Gasteiger partial charge on any atom is 0.101 e. The number of aliphatic hydroxyl groups is 1. The van der Waals surface area contributed by atoms with Gasteiger partial charge in [-0.3, -0.25) is 0 Å². The third-order valence-corrected chi connectivity index (χ3v) is 3.40. The van der Waals surface area contributed by atoms with Crippen LogP contribution in [0.5, 0.6) is 0 Å². The molecule has 19 heavy (non-hydrogen) atoms. The van der Waals surface area contributed by atoms with Crippen molar-refractivity contribution in [1.82, 2.24) is 0 Å². The van der Waals surface area contributed by atoms with Gasteiger partial charge in [-0.15, -0.1) is 0 Å². The Morgan fingerprint density at radius 2 is 2.11 bits per heavy atom. The molecule has 0 radical (unpaired) electrons. The summed E-state index contributed by atoms with van der Waals surface area (Å²) in [5.74, 6) is 0. The smallest absolute Gasteiger partial charge is 0.101 e. The molecule has 1 aromatic carbocycles. The molecule has 0 saturated heterocycles. The van der Waals surface area contributed by atoms with Crippen molar-refractivity contribution in [3.05, 3.63) is 29.8 Å². The Kier molecular flexibility index (Phi) is 5.20. The maximum atomic E-state index is 9.86. The largest absolute Gasteiger partial charge is 0.389 e. The minimum Gasteiger partial charge on any atom is -0.389 e. The summed E-state index contributed by atoms with van der Waals surface area (Å²) >= 11 is 0. The van der Waals surface area contributed by atoms with Crippen LogP contribution in [0.25, 0.3) is 0 Å². The Balaban J connectivity index is 1.73. The van der Waals surface area contributed by atoms with Gasteiger partial charge in [0.25, 0.3) is 0 Å². The Morgan fingerprint density at radius 3 is 2.84 bits per heavy atom. The monoisotopic (exact) mass is 260 g/mol. The number of hydrogen-bond acceptors (Lipinski definition) is 4. The van der Waals surface area contributed by atoms with Crippen molar-refractivity contribution in [3.63, 3.8) is 0 Å². The SMILES string of the molecule is N#Cc1ccccc1NCC(O)COC1CCCC1. The summed E-state index contributed by atoms with van der Waals surface area (Å²) in [6.45, 7) is 0.748. The van der Waals surface area contributed by atoms with Gasteiger partial charge in [-0.2, -0.15) is 5.26 Å². The Labute approximate surface area is 114 Å². The van der Waals surface area contributed by atoms with Crippen LogP contribution in [0.3, 0.4) is 0 Å². The van der Waals surface area contributed by atoms with Gasteiger partial charge in [0, 0.05) is 6.54 Å². The van der Waals surface area contributed by atoms with Crippen molar-refractivity contribution >= 4 is 5.69 Å². The van der Waals surface area contributed by atoms with Crippen molar-refractivity contribution in [2.45, 2.75) is 37.9 Å². The maximum absolute atomic E-state index is 9.86. The highest BCUT2D eigenvalue weighted by atomic mass is 16.5. The minimum atomic E-state index is -0.549. The fourth-order valence-electron chi connectivity index (χ4n) is 2.32. The second-order valence-electron chi connectivity index (χ2n) is 4.93. The van der Waals surface area contributed by atoms with Crippen LogP contribution in [0.4, 0.5) is 5.69 Å². The minimum absolute atomic E-state index is 0.320. The Morgan fingerprint density at radius 1 is 1.37 bits per heavy atom. The van der Waals surface area contributed by atoms with Crippen LogP contribution in [0, 0.1) is 11.3 Å². The molecule has 1 fully saturated rings. The van der Waals surface area contributed by atoms with E-state index in [0.29, 0.717) is 24.8 Å². The number of ether oxygens (including phenoxy) is 1. The van der Waals surface area contributed by atoms with Crippen LogP contribution in [-0.4, -0.2) is 30.5 Å². The number of para-hydroxylation sites is 1. The topological polar surface area (TPSA) is 65.3 Å². The number of aliphatic hydroxyl groups excluding tert-OH is 1. The lowest BCUT2D eigenvalue weighted by atomic mass is 10.2. The second-order valence-corrected chi connectivity index (χ2v) is 4.93. The van der Waals surface area contributed by atoms with Gasteiger partial charge < -0.3 is 15.2 Å². The summed E-state index contributed by atoms with van der Waals surface area (Å²) < 4.78 is 5.65. The van der Waals surface area contributed by atoms with E-state index in [1.807, 2.05) is 18.2 Å². The molecule has 1 aliphatic rings. The molecule has 2 N–H and O–H groups in total. The van der Waals surface area contributed by atoms with Gasteiger partial charge in [0.1, 0.15) is 6.07 Å². The summed E-state index contributed by atoms with van der Waals surface area (Å²) in [6, 6.07) is 9.40. The molecule has 0 bridgehead atoms. The van der Waals surface area contributed by atoms with E-state index < -0.39 is 6.10 Å². The molecule has 0 spiro atoms. The summed E-state index contributed by atoms with van der Waals surface area (Å²) in [5.41, 5.74) is 1.34. The van der Waals surface area contributed by atoms with Crippen molar-refractivity contribution in [3.8, 4) is 6.07 Å². The molecule has 0 heterocycles. The van der Waals surface area contributed by atoms with Gasteiger partial charge in [-0.1, -0.05) is 25.0 Å². The Hall–Kier alpha value is -1.57. The molecule has 1 unspecified atom stereocenters. The van der Waals surface area contributed by atoms with Crippen LogP contribution in [0.15, 0.2) is 24.3 Å². The molecule has 0 aromatic heterocycles. The number of hydrogen-bond donors (Lipinski definition) is 2. The lowest BCUT2D eigenvalue weighted by molar-refractivity contribution is -0.00117. The highest BCUT2D eigenvalue weighted by molar-refractivity contribution is 5.57. The number of nitriles is 1. The zero-order valence-electron chi connectivity index (χ0n) is 11.0. The molecule has 1 atom stereocenters. The van der Waals surface area contributed by atoms with Crippen molar-refractivity contribution < 1.29 is 9.84 Å². The average Bonchev–Trinajstić information content (AvgIpc) is 2.96. The van der Waals surface area contributed by atoms with E-state index in [0.717, 1.165) is 18.5 Å². The third-order valence-electron chi connectivity index (χ3n) is 3.40. The van der Waals surface area contributed by atoms with Gasteiger partial charge in [0.05, 0.1) is 30.1 Å². The molecule has 4 heteroatoms. The van der Waals surface area contributed by atoms with Crippen LogP contribution < -0.4 is 5.32 Å². The predicted molar refractivity (Wildman–Crippen MR) is 73.9 cm³/mol. The summed E-state index contributed by atoms with van der Waals surface area (Å²) in [5, 5.41) is 21.9. The van der Waals surface area contributed by atoms with E-state index in [-0.39, 0.29) is 0 Å². The zero-order chi connectivity index (χ0) is 13.5. The van der Waals surface area contributed by atoms with E-state index in [2.05, 4.69) is 11.4 Å². The molecular formula is C15H20N2O2. The fourth-order valence-corrected chi connectivity index (χ4v) is 2.32. The first-order valence-electron chi connectivity index (χ1n) is 6.82. The molecule has 0 amide bonds. The normalized spacial score (nSPS) is 17.1. The van der Waals surface area contributed by atoms with Crippen molar-refractivity contribution in [2.75, 3.05) is 18.5 Å². The molecule has 2 rings (SSSR count). The van der Waals surface area contributed by atoms with E-state index in [4.69, 9.17) is 10.00 Å². The summed E-state index contributed by atoms with van der Waals surface area (Å²) in [4.78, 5) is 0. The number of benzene rings is 1. The fraction of sp³-hybridized carbons (Fsp3) is 0.533. The third kappa shape index (κ3) is 4.23. The first-order chi connectivity index (χ1) is 9.29.